The molecule has 3 N–H and O–H groups in total. The van der Waals surface area contributed by atoms with Crippen LogP contribution in [0.5, 0.6) is 0 Å². The van der Waals surface area contributed by atoms with Crippen molar-refractivity contribution in [3.05, 3.63) is 18.5 Å². The number of nitrogen functional groups attached to an aromatic ring is 1. The van der Waals surface area contributed by atoms with E-state index in [1.54, 1.807) is 18.5 Å². The van der Waals surface area contributed by atoms with E-state index in [1.807, 2.05) is 4.90 Å². The van der Waals surface area contributed by atoms with E-state index in [1.165, 1.54) is 0 Å². The standard InChI is InChI=1S/C11H12N6O/c12-11-10-7(13-1-2-15-10)5-8(16-11)17-4-3-14-9(18)6-17/h1-2,5H,3-4,6H2,(H2,12,16)(H,14,18). The number of fused-ring (bicyclic) bond motifs is 1. The van der Waals surface area contributed by atoms with Crippen LogP contribution in [-0.4, -0.2) is 40.5 Å². The van der Waals surface area contributed by atoms with E-state index < -0.39 is 0 Å². The van der Waals surface area contributed by atoms with E-state index in [0.717, 1.165) is 0 Å². The van der Waals surface area contributed by atoms with Crippen molar-refractivity contribution < 1.29 is 4.79 Å². The fourth-order valence-corrected chi connectivity index (χ4v) is 1.98. The van der Waals surface area contributed by atoms with Gasteiger partial charge in [0.15, 0.2) is 5.82 Å². The Morgan fingerprint density at radius 3 is 3.00 bits per heavy atom. The molecule has 18 heavy (non-hydrogen) atoms. The molecule has 1 fully saturated rings. The highest BCUT2D eigenvalue weighted by atomic mass is 16.2. The molecule has 0 aliphatic carbocycles. The molecule has 7 nitrogen and oxygen atoms in total. The summed E-state index contributed by atoms with van der Waals surface area (Å²) in [5.74, 6) is 0.984. The van der Waals surface area contributed by atoms with Crippen LogP contribution in [0.25, 0.3) is 11.0 Å². The first kappa shape index (κ1) is 10.7. The summed E-state index contributed by atoms with van der Waals surface area (Å²) in [6.45, 7) is 1.61. The topological polar surface area (TPSA) is 97.0 Å². The summed E-state index contributed by atoms with van der Waals surface area (Å²) in [4.78, 5) is 25.9. The van der Waals surface area contributed by atoms with Crippen molar-refractivity contribution in [3.63, 3.8) is 0 Å². The molecule has 1 aliphatic rings. The van der Waals surface area contributed by atoms with Crippen LogP contribution in [0.3, 0.4) is 0 Å². The Morgan fingerprint density at radius 2 is 2.17 bits per heavy atom. The lowest BCUT2D eigenvalue weighted by molar-refractivity contribution is -0.120. The van der Waals surface area contributed by atoms with Gasteiger partial charge in [-0.05, 0) is 0 Å². The zero-order chi connectivity index (χ0) is 12.5. The Balaban J connectivity index is 2.04. The van der Waals surface area contributed by atoms with Gasteiger partial charge in [0, 0.05) is 31.5 Å². The average molecular weight is 244 g/mol. The minimum absolute atomic E-state index is 0.0131. The monoisotopic (exact) mass is 244 g/mol. The van der Waals surface area contributed by atoms with Gasteiger partial charge < -0.3 is 16.0 Å². The van der Waals surface area contributed by atoms with Crippen LogP contribution < -0.4 is 16.0 Å². The largest absolute Gasteiger partial charge is 0.382 e. The van der Waals surface area contributed by atoms with Crippen molar-refractivity contribution in [3.8, 4) is 0 Å². The number of carbonyl (C=O) groups excluding carboxylic acids is 1. The highest BCUT2D eigenvalue weighted by Crippen LogP contribution is 2.21. The first-order valence-corrected chi connectivity index (χ1v) is 5.63. The Morgan fingerprint density at radius 1 is 1.33 bits per heavy atom. The summed E-state index contributed by atoms with van der Waals surface area (Å²) >= 11 is 0. The number of carbonyl (C=O) groups is 1. The number of hydrogen-bond donors (Lipinski definition) is 2. The number of aromatic nitrogens is 3. The van der Waals surface area contributed by atoms with E-state index in [-0.39, 0.29) is 12.5 Å². The van der Waals surface area contributed by atoms with E-state index in [2.05, 4.69) is 20.3 Å². The molecule has 0 unspecified atom stereocenters. The zero-order valence-electron chi connectivity index (χ0n) is 9.63. The molecule has 3 rings (SSSR count). The number of amides is 1. The van der Waals surface area contributed by atoms with Crippen molar-refractivity contribution in [2.75, 3.05) is 30.3 Å². The predicted octanol–water partition coefficient (Wildman–Crippen LogP) is -0.457. The Labute approximate surface area is 103 Å². The molecule has 3 heterocycles. The molecule has 1 amide bonds. The highest BCUT2D eigenvalue weighted by Gasteiger charge is 2.18. The number of nitrogens with two attached hydrogens (primary N) is 1. The molecular weight excluding hydrogens is 232 g/mol. The summed E-state index contributed by atoms with van der Waals surface area (Å²) in [6.07, 6.45) is 3.18. The molecule has 0 saturated carbocycles. The molecule has 0 aromatic carbocycles. The van der Waals surface area contributed by atoms with E-state index in [4.69, 9.17) is 5.73 Å². The van der Waals surface area contributed by atoms with Gasteiger partial charge in [-0.15, -0.1) is 0 Å². The van der Waals surface area contributed by atoms with Crippen molar-refractivity contribution in [2.24, 2.45) is 0 Å². The van der Waals surface area contributed by atoms with Crippen LogP contribution in [0.2, 0.25) is 0 Å². The maximum atomic E-state index is 11.4. The van der Waals surface area contributed by atoms with Crippen molar-refractivity contribution in [2.45, 2.75) is 0 Å². The van der Waals surface area contributed by atoms with Gasteiger partial charge in [0.2, 0.25) is 5.91 Å². The van der Waals surface area contributed by atoms with Crippen LogP contribution in [0.4, 0.5) is 11.6 Å². The normalized spacial score (nSPS) is 15.8. The van der Waals surface area contributed by atoms with Crippen molar-refractivity contribution >= 4 is 28.6 Å². The Bertz CT molecular complexity index is 614. The molecule has 92 valence electrons. The highest BCUT2D eigenvalue weighted by molar-refractivity contribution is 5.88. The van der Waals surface area contributed by atoms with Gasteiger partial charge in [-0.25, -0.2) is 9.97 Å². The third-order valence-corrected chi connectivity index (χ3v) is 2.83. The molecule has 1 aliphatic heterocycles. The Hall–Kier alpha value is -2.44. The zero-order valence-corrected chi connectivity index (χ0v) is 9.63. The van der Waals surface area contributed by atoms with E-state index >= 15 is 0 Å². The molecule has 0 bridgehead atoms. The van der Waals surface area contributed by atoms with Gasteiger partial charge >= 0.3 is 0 Å². The number of nitrogens with one attached hydrogen (secondary N) is 1. The van der Waals surface area contributed by atoms with Gasteiger partial charge in [0.25, 0.3) is 0 Å². The fourth-order valence-electron chi connectivity index (χ4n) is 1.98. The fraction of sp³-hybridized carbons (Fsp3) is 0.273. The minimum Gasteiger partial charge on any atom is -0.382 e. The summed E-state index contributed by atoms with van der Waals surface area (Å²) in [5.41, 5.74) is 7.13. The molecule has 0 atom stereocenters. The SMILES string of the molecule is Nc1nc(N2CCNC(=O)C2)cc2nccnc12. The van der Waals surface area contributed by atoms with Gasteiger partial charge in [0.1, 0.15) is 11.3 Å². The number of pyridine rings is 1. The third-order valence-electron chi connectivity index (χ3n) is 2.83. The van der Waals surface area contributed by atoms with E-state index in [9.17, 15) is 4.79 Å². The second kappa shape index (κ2) is 4.10. The van der Waals surface area contributed by atoms with Crippen LogP contribution in [0.1, 0.15) is 0 Å². The lowest BCUT2D eigenvalue weighted by Crippen LogP contribution is -2.48. The molecule has 1 saturated heterocycles. The van der Waals surface area contributed by atoms with E-state index in [0.29, 0.717) is 35.8 Å². The van der Waals surface area contributed by atoms with Gasteiger partial charge in [-0.1, -0.05) is 0 Å². The molecular formula is C11H12N6O. The van der Waals surface area contributed by atoms with Crippen molar-refractivity contribution in [1.82, 2.24) is 20.3 Å². The summed E-state index contributed by atoms with van der Waals surface area (Å²) in [5, 5.41) is 2.77. The lowest BCUT2D eigenvalue weighted by atomic mass is 10.3. The lowest BCUT2D eigenvalue weighted by Gasteiger charge is -2.27. The van der Waals surface area contributed by atoms with Gasteiger partial charge in [0.05, 0.1) is 12.1 Å². The molecule has 2 aromatic rings. The number of anilines is 2. The number of piperazine rings is 1. The maximum Gasteiger partial charge on any atom is 0.239 e. The summed E-state index contributed by atoms with van der Waals surface area (Å²) in [7, 11) is 0. The van der Waals surface area contributed by atoms with Gasteiger partial charge in [-0.2, -0.15) is 0 Å². The molecule has 7 heteroatoms. The molecule has 0 spiro atoms. The second-order valence-corrected chi connectivity index (χ2v) is 4.06. The third kappa shape index (κ3) is 1.79. The van der Waals surface area contributed by atoms with Crippen LogP contribution in [-0.2, 0) is 4.79 Å². The average Bonchev–Trinajstić information content (AvgIpc) is 2.39. The summed E-state index contributed by atoms with van der Waals surface area (Å²) in [6, 6.07) is 1.80. The first-order chi connectivity index (χ1) is 8.74. The first-order valence-electron chi connectivity index (χ1n) is 5.63. The van der Waals surface area contributed by atoms with Crippen LogP contribution >= 0.6 is 0 Å². The molecule has 2 aromatic heterocycles. The minimum atomic E-state index is -0.0131. The Kier molecular flexibility index (Phi) is 2.44. The quantitative estimate of drug-likeness (QED) is 0.704. The number of hydrogen-bond acceptors (Lipinski definition) is 6. The van der Waals surface area contributed by atoms with Gasteiger partial charge in [-0.3, -0.25) is 9.78 Å². The predicted molar refractivity (Wildman–Crippen MR) is 67.0 cm³/mol. The maximum absolute atomic E-state index is 11.4. The summed E-state index contributed by atoms with van der Waals surface area (Å²) < 4.78 is 0. The second-order valence-electron chi connectivity index (χ2n) is 4.06. The van der Waals surface area contributed by atoms with Crippen LogP contribution in [0, 0.1) is 0 Å². The number of rotatable bonds is 1. The smallest absolute Gasteiger partial charge is 0.239 e. The van der Waals surface area contributed by atoms with Crippen molar-refractivity contribution in [1.29, 1.82) is 0 Å². The number of nitrogens with zero attached hydrogens (tertiary/aromatic N) is 4. The molecule has 0 radical (unpaired) electrons. The van der Waals surface area contributed by atoms with Crippen LogP contribution in [0.15, 0.2) is 18.5 Å².